The lowest BCUT2D eigenvalue weighted by Gasteiger charge is -2.41. The Hall–Kier alpha value is -2.91. The number of rotatable bonds is 4. The molecule has 2 aliphatic heterocycles. The maximum atomic E-state index is 13.3. The van der Waals surface area contributed by atoms with Crippen molar-refractivity contribution >= 4 is 23.6 Å². The van der Waals surface area contributed by atoms with Crippen molar-refractivity contribution in [3.63, 3.8) is 0 Å². The topological polar surface area (TPSA) is 131 Å². The number of fused-ring (bicyclic) bond motifs is 1. The van der Waals surface area contributed by atoms with Crippen molar-refractivity contribution in [2.45, 2.75) is 76.4 Å². The fourth-order valence-corrected chi connectivity index (χ4v) is 5.13. The molecule has 0 unspecified atom stereocenters. The van der Waals surface area contributed by atoms with Crippen molar-refractivity contribution in [3.8, 4) is 0 Å². The monoisotopic (exact) mass is 458 g/mol. The third kappa shape index (κ3) is 4.47. The van der Waals surface area contributed by atoms with Crippen molar-refractivity contribution in [2.75, 3.05) is 20.1 Å². The first kappa shape index (κ1) is 23.3. The van der Waals surface area contributed by atoms with E-state index in [0.717, 1.165) is 25.7 Å². The van der Waals surface area contributed by atoms with E-state index in [-0.39, 0.29) is 47.8 Å². The van der Waals surface area contributed by atoms with Crippen molar-refractivity contribution < 1.29 is 19.2 Å². The molecule has 1 aromatic rings. The van der Waals surface area contributed by atoms with Gasteiger partial charge in [-0.15, -0.1) is 0 Å². The predicted octanol–water partition coefficient (Wildman–Crippen LogP) is 0.904. The van der Waals surface area contributed by atoms with Gasteiger partial charge in [-0.3, -0.25) is 23.9 Å². The SMILES string of the molecule is CN1C(=O)c2cc(C(=O)N3CCC(C(N)=O)CC3)nn2C[C@]1(C)C(=O)NC1CCCCCC1. The van der Waals surface area contributed by atoms with E-state index in [4.69, 9.17) is 5.73 Å². The van der Waals surface area contributed by atoms with E-state index in [2.05, 4.69) is 10.4 Å². The zero-order chi connectivity index (χ0) is 23.8. The number of hydrogen-bond donors (Lipinski definition) is 2. The van der Waals surface area contributed by atoms with E-state index < -0.39 is 5.54 Å². The van der Waals surface area contributed by atoms with Crippen LogP contribution in [0, 0.1) is 5.92 Å². The molecular weight excluding hydrogens is 424 g/mol. The van der Waals surface area contributed by atoms with Gasteiger partial charge in [0.25, 0.3) is 11.8 Å². The van der Waals surface area contributed by atoms with Gasteiger partial charge in [0.2, 0.25) is 11.8 Å². The summed E-state index contributed by atoms with van der Waals surface area (Å²) in [7, 11) is 1.63. The lowest BCUT2D eigenvalue weighted by atomic mass is 9.94. The highest BCUT2D eigenvalue weighted by Crippen LogP contribution is 2.28. The average molecular weight is 459 g/mol. The number of aromatic nitrogens is 2. The number of carbonyl (C=O) groups is 4. The fraction of sp³-hybridized carbons (Fsp3) is 0.696. The molecule has 0 aromatic carbocycles. The second kappa shape index (κ2) is 9.15. The fourth-order valence-electron chi connectivity index (χ4n) is 5.13. The Labute approximate surface area is 193 Å². The summed E-state index contributed by atoms with van der Waals surface area (Å²) in [4.78, 5) is 53.9. The van der Waals surface area contributed by atoms with Crippen LogP contribution in [0.4, 0.5) is 0 Å². The number of likely N-dealkylation sites (N-methyl/N-ethyl adjacent to an activating group) is 1. The molecule has 3 aliphatic rings. The number of amides is 4. The maximum Gasteiger partial charge on any atom is 0.274 e. The van der Waals surface area contributed by atoms with Crippen LogP contribution in [0.25, 0.3) is 0 Å². The summed E-state index contributed by atoms with van der Waals surface area (Å²) >= 11 is 0. The summed E-state index contributed by atoms with van der Waals surface area (Å²) in [5.74, 6) is -1.35. The molecule has 33 heavy (non-hydrogen) atoms. The molecule has 1 saturated heterocycles. The molecule has 1 atom stereocenters. The minimum atomic E-state index is -1.09. The first-order valence-corrected chi connectivity index (χ1v) is 12.0. The summed E-state index contributed by atoms with van der Waals surface area (Å²) in [5, 5.41) is 7.57. The molecule has 0 spiro atoms. The molecule has 10 nitrogen and oxygen atoms in total. The summed E-state index contributed by atoms with van der Waals surface area (Å²) in [5.41, 5.74) is 4.76. The Balaban J connectivity index is 1.48. The van der Waals surface area contributed by atoms with Crippen LogP contribution in [0.15, 0.2) is 6.07 Å². The Bertz CT molecular complexity index is 943. The largest absolute Gasteiger partial charge is 0.369 e. The minimum Gasteiger partial charge on any atom is -0.369 e. The highest BCUT2D eigenvalue weighted by atomic mass is 16.2. The molecule has 10 heteroatoms. The van der Waals surface area contributed by atoms with E-state index in [1.54, 1.807) is 18.9 Å². The molecular formula is C23H34N6O4. The maximum absolute atomic E-state index is 13.3. The number of carbonyl (C=O) groups excluding carboxylic acids is 4. The highest BCUT2D eigenvalue weighted by Gasteiger charge is 2.47. The van der Waals surface area contributed by atoms with Gasteiger partial charge in [0.05, 0.1) is 6.54 Å². The molecule has 0 radical (unpaired) electrons. The van der Waals surface area contributed by atoms with Crippen LogP contribution in [-0.2, 0) is 16.1 Å². The van der Waals surface area contributed by atoms with E-state index >= 15 is 0 Å². The van der Waals surface area contributed by atoms with Crippen LogP contribution in [0.2, 0.25) is 0 Å². The Kier molecular flexibility index (Phi) is 6.45. The number of likely N-dealkylation sites (tertiary alicyclic amines) is 1. The molecule has 3 heterocycles. The molecule has 1 saturated carbocycles. The molecule has 0 bridgehead atoms. The number of nitrogens with one attached hydrogen (secondary N) is 1. The second-order valence-electron chi connectivity index (χ2n) is 9.84. The zero-order valence-corrected chi connectivity index (χ0v) is 19.5. The summed E-state index contributed by atoms with van der Waals surface area (Å²) < 4.78 is 1.48. The smallest absolute Gasteiger partial charge is 0.274 e. The van der Waals surface area contributed by atoms with Gasteiger partial charge < -0.3 is 20.9 Å². The molecule has 180 valence electrons. The Morgan fingerprint density at radius 3 is 2.33 bits per heavy atom. The number of primary amides is 1. The second-order valence-corrected chi connectivity index (χ2v) is 9.84. The van der Waals surface area contributed by atoms with Gasteiger partial charge in [0.15, 0.2) is 5.69 Å². The van der Waals surface area contributed by atoms with Crippen LogP contribution in [0.5, 0.6) is 0 Å². The van der Waals surface area contributed by atoms with E-state index in [9.17, 15) is 19.2 Å². The first-order chi connectivity index (χ1) is 15.7. The van der Waals surface area contributed by atoms with E-state index in [1.165, 1.54) is 28.5 Å². The molecule has 3 N–H and O–H groups in total. The molecule has 4 amide bonds. The Morgan fingerprint density at radius 2 is 1.73 bits per heavy atom. The van der Waals surface area contributed by atoms with Crippen molar-refractivity contribution in [2.24, 2.45) is 11.7 Å². The predicted molar refractivity (Wildman–Crippen MR) is 120 cm³/mol. The lowest BCUT2D eigenvalue weighted by Crippen LogP contribution is -2.63. The van der Waals surface area contributed by atoms with Gasteiger partial charge in [-0.1, -0.05) is 25.7 Å². The van der Waals surface area contributed by atoms with Crippen LogP contribution >= 0.6 is 0 Å². The quantitative estimate of drug-likeness (QED) is 0.648. The number of nitrogens with zero attached hydrogens (tertiary/aromatic N) is 4. The third-order valence-corrected chi connectivity index (χ3v) is 7.58. The molecule has 4 rings (SSSR count). The van der Waals surface area contributed by atoms with Gasteiger partial charge >= 0.3 is 0 Å². The van der Waals surface area contributed by atoms with Crippen LogP contribution in [0.3, 0.4) is 0 Å². The summed E-state index contributed by atoms with van der Waals surface area (Å²) in [6, 6.07) is 1.63. The molecule has 1 aromatic heterocycles. The lowest BCUT2D eigenvalue weighted by molar-refractivity contribution is -0.133. The summed E-state index contributed by atoms with van der Waals surface area (Å²) in [6.07, 6.45) is 7.54. The van der Waals surface area contributed by atoms with Gasteiger partial charge in [-0.05, 0) is 32.6 Å². The summed E-state index contributed by atoms with van der Waals surface area (Å²) in [6.45, 7) is 2.77. The van der Waals surface area contributed by atoms with Gasteiger partial charge in [-0.2, -0.15) is 5.10 Å². The van der Waals surface area contributed by atoms with Gasteiger partial charge in [-0.25, -0.2) is 0 Å². The molecule has 2 fully saturated rings. The number of piperidine rings is 1. The Morgan fingerprint density at radius 1 is 1.09 bits per heavy atom. The van der Waals surface area contributed by atoms with Crippen LogP contribution in [0.1, 0.15) is 79.3 Å². The standard InChI is InChI=1S/C23H34N6O4/c1-23(22(33)25-16-7-5-3-4-6-8-16)14-29-18(21(32)27(23)2)13-17(26-29)20(31)28-11-9-15(10-12-28)19(24)30/h13,15-16H,3-12,14H2,1-2H3,(H2,24,30)(H,25,33)/t23-/m1/s1. The third-order valence-electron chi connectivity index (χ3n) is 7.58. The van der Waals surface area contributed by atoms with Gasteiger partial charge in [0, 0.05) is 38.2 Å². The zero-order valence-electron chi connectivity index (χ0n) is 19.5. The van der Waals surface area contributed by atoms with E-state index in [1.807, 2.05) is 0 Å². The normalized spacial score (nSPS) is 24.8. The minimum absolute atomic E-state index is 0.125. The highest BCUT2D eigenvalue weighted by molar-refractivity contribution is 6.01. The van der Waals surface area contributed by atoms with E-state index in [0.29, 0.717) is 31.6 Å². The first-order valence-electron chi connectivity index (χ1n) is 12.0. The van der Waals surface area contributed by atoms with Crippen molar-refractivity contribution in [3.05, 3.63) is 17.5 Å². The number of nitrogens with two attached hydrogens (primary N) is 1. The average Bonchev–Trinajstić information content (AvgIpc) is 3.05. The van der Waals surface area contributed by atoms with Crippen molar-refractivity contribution in [1.29, 1.82) is 0 Å². The number of hydrogen-bond acceptors (Lipinski definition) is 5. The van der Waals surface area contributed by atoms with Crippen molar-refractivity contribution in [1.82, 2.24) is 24.9 Å². The van der Waals surface area contributed by atoms with Gasteiger partial charge in [0.1, 0.15) is 11.2 Å². The van der Waals surface area contributed by atoms with Crippen LogP contribution in [-0.4, -0.2) is 74.9 Å². The molecule has 1 aliphatic carbocycles. The van der Waals surface area contributed by atoms with Crippen LogP contribution < -0.4 is 11.1 Å².